The van der Waals surface area contributed by atoms with E-state index >= 15 is 0 Å². The van der Waals surface area contributed by atoms with Crippen LogP contribution in [-0.2, 0) is 20.9 Å². The van der Waals surface area contributed by atoms with Gasteiger partial charge in [0.15, 0.2) is 0 Å². The Morgan fingerprint density at radius 3 is 2.41 bits per heavy atom. The molecule has 6 nitrogen and oxygen atoms in total. The fourth-order valence-electron chi connectivity index (χ4n) is 2.37. The minimum absolute atomic E-state index is 0.0515. The molecule has 0 bridgehead atoms. The van der Waals surface area contributed by atoms with Crippen molar-refractivity contribution in [3.8, 4) is 5.75 Å². The van der Waals surface area contributed by atoms with Gasteiger partial charge in [0, 0.05) is 6.54 Å². The Kier molecular flexibility index (Phi) is 7.91. The van der Waals surface area contributed by atoms with E-state index in [1.54, 1.807) is 31.4 Å². The van der Waals surface area contributed by atoms with Crippen LogP contribution in [0.1, 0.15) is 17.0 Å². The van der Waals surface area contributed by atoms with Gasteiger partial charge in [-0.15, -0.1) is 0 Å². The first-order valence-electron chi connectivity index (χ1n) is 8.50. The Labute approximate surface area is 158 Å². The van der Waals surface area contributed by atoms with Crippen molar-refractivity contribution in [2.75, 3.05) is 20.3 Å². The predicted octanol–water partition coefficient (Wildman–Crippen LogP) is 3.43. The average molecular weight is 369 g/mol. The van der Waals surface area contributed by atoms with E-state index in [1.165, 1.54) is 6.08 Å². The van der Waals surface area contributed by atoms with Gasteiger partial charge in [-0.2, -0.15) is 0 Å². The number of amides is 1. The molecule has 0 heterocycles. The van der Waals surface area contributed by atoms with Crippen LogP contribution in [0.4, 0.5) is 4.79 Å². The summed E-state index contributed by atoms with van der Waals surface area (Å²) in [6.07, 6.45) is 0.888. The highest BCUT2D eigenvalue weighted by Gasteiger charge is 2.23. The van der Waals surface area contributed by atoms with Crippen molar-refractivity contribution in [3.05, 3.63) is 78.4 Å². The Balaban J connectivity index is 1.96. The third kappa shape index (κ3) is 6.51. The summed E-state index contributed by atoms with van der Waals surface area (Å²) in [7, 11) is 1.56. The Hall–Kier alpha value is -3.28. The first-order chi connectivity index (χ1) is 13.1. The monoisotopic (exact) mass is 369 g/mol. The van der Waals surface area contributed by atoms with Crippen molar-refractivity contribution < 1.29 is 23.8 Å². The largest absolute Gasteiger partial charge is 0.497 e. The van der Waals surface area contributed by atoms with Gasteiger partial charge < -0.3 is 19.5 Å². The highest BCUT2D eigenvalue weighted by atomic mass is 16.5. The second-order valence-electron chi connectivity index (χ2n) is 5.69. The van der Waals surface area contributed by atoms with Crippen molar-refractivity contribution >= 4 is 12.1 Å². The second-order valence-corrected chi connectivity index (χ2v) is 5.69. The minimum Gasteiger partial charge on any atom is -0.497 e. The molecule has 0 spiro atoms. The van der Waals surface area contributed by atoms with Crippen LogP contribution in [0.5, 0.6) is 5.75 Å². The van der Waals surface area contributed by atoms with Crippen LogP contribution < -0.4 is 10.1 Å². The lowest BCUT2D eigenvalue weighted by molar-refractivity contribution is -0.144. The van der Waals surface area contributed by atoms with E-state index in [9.17, 15) is 9.59 Å². The quantitative estimate of drug-likeness (QED) is 0.541. The SMILES string of the molecule is C=CCOC(=O)[C@H](CNC(=O)OCc1ccccc1)c1ccc(OC)cc1. The highest BCUT2D eigenvalue weighted by Crippen LogP contribution is 2.20. The number of nitrogens with one attached hydrogen (secondary N) is 1. The van der Waals surface area contributed by atoms with Gasteiger partial charge in [0.05, 0.1) is 13.0 Å². The minimum atomic E-state index is -0.667. The molecule has 6 heteroatoms. The summed E-state index contributed by atoms with van der Waals surface area (Å²) in [6, 6.07) is 16.4. The van der Waals surface area contributed by atoms with Crippen LogP contribution in [-0.4, -0.2) is 32.3 Å². The first kappa shape index (κ1) is 20.0. The maximum atomic E-state index is 12.4. The standard InChI is InChI=1S/C21H23NO5/c1-3-13-26-20(23)19(17-9-11-18(25-2)12-10-17)14-22-21(24)27-15-16-7-5-4-6-8-16/h3-12,19H,1,13-15H2,2H3,(H,22,24)/t19-/m1/s1. The average Bonchev–Trinajstić information content (AvgIpc) is 2.72. The smallest absolute Gasteiger partial charge is 0.407 e. The zero-order valence-corrected chi connectivity index (χ0v) is 15.2. The summed E-state index contributed by atoms with van der Waals surface area (Å²) in [4.78, 5) is 24.3. The van der Waals surface area contributed by atoms with Gasteiger partial charge in [-0.25, -0.2) is 4.79 Å². The van der Waals surface area contributed by atoms with Gasteiger partial charge in [0.25, 0.3) is 0 Å². The molecule has 0 radical (unpaired) electrons. The second kappa shape index (κ2) is 10.7. The van der Waals surface area contributed by atoms with E-state index in [4.69, 9.17) is 14.2 Å². The first-order valence-corrected chi connectivity index (χ1v) is 8.50. The van der Waals surface area contributed by atoms with Gasteiger partial charge in [0.2, 0.25) is 0 Å². The molecule has 0 aliphatic rings. The van der Waals surface area contributed by atoms with Gasteiger partial charge >= 0.3 is 12.1 Å². The summed E-state index contributed by atoms with van der Waals surface area (Å²) >= 11 is 0. The Bertz CT molecular complexity index is 743. The highest BCUT2D eigenvalue weighted by molar-refractivity contribution is 5.79. The molecule has 2 aromatic carbocycles. The number of ether oxygens (including phenoxy) is 3. The maximum Gasteiger partial charge on any atom is 0.407 e. The van der Waals surface area contributed by atoms with Crippen LogP contribution in [0.25, 0.3) is 0 Å². The summed E-state index contributed by atoms with van der Waals surface area (Å²) in [5.41, 5.74) is 1.58. The lowest BCUT2D eigenvalue weighted by Gasteiger charge is -2.17. The number of carbonyl (C=O) groups excluding carboxylic acids is 2. The van der Waals surface area contributed by atoms with Crippen LogP contribution in [0.3, 0.4) is 0 Å². The molecule has 0 fully saturated rings. The molecule has 142 valence electrons. The lowest BCUT2D eigenvalue weighted by atomic mass is 9.99. The molecule has 0 aliphatic carbocycles. The number of carbonyl (C=O) groups is 2. The molecular formula is C21H23NO5. The molecule has 1 atom stereocenters. The number of benzene rings is 2. The summed E-state index contributed by atoms with van der Waals surface area (Å²) in [5.74, 6) is -0.448. The topological polar surface area (TPSA) is 73.9 Å². The van der Waals surface area contributed by atoms with Crippen molar-refractivity contribution in [2.45, 2.75) is 12.5 Å². The molecule has 2 rings (SSSR count). The summed E-state index contributed by atoms with van der Waals surface area (Å²) in [6.45, 7) is 3.84. The maximum absolute atomic E-state index is 12.4. The van der Waals surface area contributed by atoms with Gasteiger partial charge in [-0.05, 0) is 23.3 Å². The van der Waals surface area contributed by atoms with Crippen molar-refractivity contribution in [3.63, 3.8) is 0 Å². The predicted molar refractivity (Wildman–Crippen MR) is 102 cm³/mol. The molecule has 0 unspecified atom stereocenters. The van der Waals surface area contributed by atoms with Crippen LogP contribution in [0.2, 0.25) is 0 Å². The van der Waals surface area contributed by atoms with E-state index in [0.29, 0.717) is 11.3 Å². The number of hydrogen-bond acceptors (Lipinski definition) is 5. The van der Waals surface area contributed by atoms with E-state index in [2.05, 4.69) is 11.9 Å². The van der Waals surface area contributed by atoms with Gasteiger partial charge in [-0.1, -0.05) is 55.1 Å². The summed E-state index contributed by atoms with van der Waals surface area (Å²) < 4.78 is 15.4. The molecule has 0 saturated heterocycles. The number of alkyl carbamates (subject to hydrolysis) is 1. The van der Waals surface area contributed by atoms with Crippen molar-refractivity contribution in [1.29, 1.82) is 0 Å². The van der Waals surface area contributed by atoms with Crippen molar-refractivity contribution in [1.82, 2.24) is 5.32 Å². The molecule has 2 aromatic rings. The molecule has 0 aliphatic heterocycles. The van der Waals surface area contributed by atoms with Crippen LogP contribution >= 0.6 is 0 Å². The molecule has 1 amide bonds. The van der Waals surface area contributed by atoms with Crippen LogP contribution in [0.15, 0.2) is 67.3 Å². The summed E-state index contributed by atoms with van der Waals surface area (Å²) in [5, 5.41) is 2.62. The van der Waals surface area contributed by atoms with Crippen molar-refractivity contribution in [2.24, 2.45) is 0 Å². The van der Waals surface area contributed by atoms with E-state index in [0.717, 1.165) is 5.56 Å². The molecule has 0 saturated carbocycles. The van der Waals surface area contributed by atoms with Crippen LogP contribution in [0, 0.1) is 0 Å². The molecule has 0 aromatic heterocycles. The van der Waals surface area contributed by atoms with E-state index < -0.39 is 18.0 Å². The van der Waals surface area contributed by atoms with E-state index in [-0.39, 0.29) is 19.8 Å². The fraction of sp³-hybridized carbons (Fsp3) is 0.238. The van der Waals surface area contributed by atoms with E-state index in [1.807, 2.05) is 30.3 Å². The number of methoxy groups -OCH3 is 1. The fourth-order valence-corrected chi connectivity index (χ4v) is 2.37. The Morgan fingerprint density at radius 2 is 1.78 bits per heavy atom. The third-order valence-corrected chi connectivity index (χ3v) is 3.81. The normalized spacial score (nSPS) is 11.1. The lowest BCUT2D eigenvalue weighted by Crippen LogP contribution is -2.33. The Morgan fingerprint density at radius 1 is 1.07 bits per heavy atom. The zero-order chi connectivity index (χ0) is 19.5. The molecular weight excluding hydrogens is 346 g/mol. The third-order valence-electron chi connectivity index (χ3n) is 3.81. The van der Waals surface area contributed by atoms with Gasteiger partial charge in [0.1, 0.15) is 19.0 Å². The molecule has 27 heavy (non-hydrogen) atoms. The molecule has 1 N–H and O–H groups in total. The number of esters is 1. The van der Waals surface area contributed by atoms with Gasteiger partial charge in [-0.3, -0.25) is 4.79 Å². The number of hydrogen-bond donors (Lipinski definition) is 1. The number of rotatable bonds is 9. The zero-order valence-electron chi connectivity index (χ0n) is 15.2.